The molecule has 0 saturated heterocycles. The first-order chi connectivity index (χ1) is 9.21. The van der Waals surface area contributed by atoms with Crippen molar-refractivity contribution in [2.75, 3.05) is 32.7 Å². The van der Waals surface area contributed by atoms with E-state index in [9.17, 15) is 4.79 Å². The molecule has 0 bridgehead atoms. The molecule has 4 nitrogen and oxygen atoms in total. The maximum absolute atomic E-state index is 11.7. The highest BCUT2D eigenvalue weighted by Crippen LogP contribution is 2.14. The molecule has 0 aromatic heterocycles. The van der Waals surface area contributed by atoms with Crippen molar-refractivity contribution in [2.24, 2.45) is 0 Å². The van der Waals surface area contributed by atoms with Crippen LogP contribution in [0.2, 0.25) is 0 Å². The number of alkyl halides is 1. The van der Waals surface area contributed by atoms with Crippen molar-refractivity contribution in [3.8, 4) is 5.75 Å². The Hall–Kier alpha value is -1.26. The van der Waals surface area contributed by atoms with E-state index in [1.165, 1.54) is 0 Å². The maximum Gasteiger partial charge on any atom is 0.237 e. The smallest absolute Gasteiger partial charge is 0.237 e. The van der Waals surface area contributed by atoms with Crippen LogP contribution in [0.1, 0.15) is 12.5 Å². The normalized spacial score (nSPS) is 10.3. The van der Waals surface area contributed by atoms with Crippen molar-refractivity contribution >= 4 is 17.5 Å². The summed E-state index contributed by atoms with van der Waals surface area (Å²) < 4.78 is 10.4. The Morgan fingerprint density at radius 2 is 2.00 bits per heavy atom. The second-order valence-electron chi connectivity index (χ2n) is 4.02. The van der Waals surface area contributed by atoms with Gasteiger partial charge in [0.25, 0.3) is 0 Å². The van der Waals surface area contributed by atoms with Gasteiger partial charge < -0.3 is 14.4 Å². The van der Waals surface area contributed by atoms with Crippen LogP contribution in [0.5, 0.6) is 5.75 Å². The number of hydrogen-bond donors (Lipinski definition) is 0. The number of benzene rings is 1. The third-order valence-corrected chi connectivity index (χ3v) is 2.87. The largest absolute Gasteiger partial charge is 0.494 e. The summed E-state index contributed by atoms with van der Waals surface area (Å²) in [5, 5.41) is 0. The van der Waals surface area contributed by atoms with Crippen LogP contribution in [-0.2, 0) is 16.1 Å². The fraction of sp³-hybridized carbons (Fsp3) is 0.500. The molecular formula is C14H20ClNO3. The number of carbonyl (C=O) groups excluding carboxylic acids is 1. The van der Waals surface area contributed by atoms with Crippen LogP contribution in [0.15, 0.2) is 24.3 Å². The standard InChI is InChI=1S/C14H20ClNO3/c1-3-19-13-6-4-12(5-7-13)11-16(8-9-18-2)14(17)10-15/h4-7H,3,8-11H2,1-2H3. The molecule has 0 spiro atoms. The molecule has 0 aliphatic heterocycles. The van der Waals surface area contributed by atoms with E-state index in [0.717, 1.165) is 11.3 Å². The fourth-order valence-electron chi connectivity index (χ4n) is 1.66. The Balaban J connectivity index is 2.64. The Labute approximate surface area is 119 Å². The number of ether oxygens (including phenoxy) is 2. The third kappa shape index (κ3) is 5.49. The molecule has 1 aromatic rings. The molecule has 0 fully saturated rings. The minimum Gasteiger partial charge on any atom is -0.494 e. The Morgan fingerprint density at radius 3 is 2.53 bits per heavy atom. The van der Waals surface area contributed by atoms with Crippen molar-refractivity contribution in [2.45, 2.75) is 13.5 Å². The van der Waals surface area contributed by atoms with Gasteiger partial charge in [-0.05, 0) is 24.6 Å². The topological polar surface area (TPSA) is 38.8 Å². The van der Waals surface area contributed by atoms with Crippen LogP contribution in [0.25, 0.3) is 0 Å². The molecule has 0 radical (unpaired) electrons. The van der Waals surface area contributed by atoms with Crippen molar-refractivity contribution in [1.82, 2.24) is 4.90 Å². The zero-order valence-electron chi connectivity index (χ0n) is 11.4. The van der Waals surface area contributed by atoms with Crippen molar-refractivity contribution in [3.05, 3.63) is 29.8 Å². The second kappa shape index (κ2) is 8.77. The van der Waals surface area contributed by atoms with Gasteiger partial charge in [-0.15, -0.1) is 11.6 Å². The number of hydrogen-bond acceptors (Lipinski definition) is 3. The molecule has 1 aromatic carbocycles. The summed E-state index contributed by atoms with van der Waals surface area (Å²) in [7, 11) is 1.61. The van der Waals surface area contributed by atoms with Crippen LogP contribution in [0.4, 0.5) is 0 Å². The van der Waals surface area contributed by atoms with Gasteiger partial charge in [0.1, 0.15) is 11.6 Å². The van der Waals surface area contributed by atoms with Gasteiger partial charge in [-0.25, -0.2) is 0 Å². The Bertz CT molecular complexity index is 381. The zero-order chi connectivity index (χ0) is 14.1. The van der Waals surface area contributed by atoms with Crippen LogP contribution in [-0.4, -0.2) is 43.6 Å². The summed E-state index contributed by atoms with van der Waals surface area (Å²) in [6.45, 7) is 4.15. The molecular weight excluding hydrogens is 266 g/mol. The van der Waals surface area contributed by atoms with Crippen molar-refractivity contribution < 1.29 is 14.3 Å². The van der Waals surface area contributed by atoms with Gasteiger partial charge in [0, 0.05) is 20.2 Å². The Kier molecular flexibility index (Phi) is 7.30. The van der Waals surface area contributed by atoms with E-state index in [1.54, 1.807) is 12.0 Å². The first kappa shape index (κ1) is 15.8. The number of rotatable bonds is 8. The molecule has 19 heavy (non-hydrogen) atoms. The number of nitrogens with zero attached hydrogens (tertiary/aromatic N) is 1. The Morgan fingerprint density at radius 1 is 1.32 bits per heavy atom. The van der Waals surface area contributed by atoms with E-state index < -0.39 is 0 Å². The molecule has 0 N–H and O–H groups in total. The monoisotopic (exact) mass is 285 g/mol. The predicted octanol–water partition coefficient (Wildman–Crippen LogP) is 2.30. The van der Waals surface area contributed by atoms with E-state index >= 15 is 0 Å². The number of carbonyl (C=O) groups is 1. The summed E-state index contributed by atoms with van der Waals surface area (Å²) in [5.41, 5.74) is 1.04. The molecule has 1 amide bonds. The van der Waals surface area contributed by atoms with Gasteiger partial charge in [0.2, 0.25) is 5.91 Å². The lowest BCUT2D eigenvalue weighted by Gasteiger charge is -2.21. The quantitative estimate of drug-likeness (QED) is 0.688. The number of amides is 1. The SMILES string of the molecule is CCOc1ccc(CN(CCOC)C(=O)CCl)cc1. The van der Waals surface area contributed by atoms with Gasteiger partial charge >= 0.3 is 0 Å². The van der Waals surface area contributed by atoms with Gasteiger partial charge in [-0.2, -0.15) is 0 Å². The van der Waals surface area contributed by atoms with Gasteiger partial charge in [-0.3, -0.25) is 4.79 Å². The van der Waals surface area contributed by atoms with E-state index in [-0.39, 0.29) is 11.8 Å². The second-order valence-corrected chi connectivity index (χ2v) is 4.29. The lowest BCUT2D eigenvalue weighted by molar-refractivity contribution is -0.129. The lowest BCUT2D eigenvalue weighted by atomic mass is 10.2. The first-order valence-corrected chi connectivity index (χ1v) is 6.79. The van der Waals surface area contributed by atoms with E-state index in [2.05, 4.69) is 0 Å². The summed E-state index contributed by atoms with van der Waals surface area (Å²) in [4.78, 5) is 13.4. The molecule has 0 heterocycles. The summed E-state index contributed by atoms with van der Waals surface area (Å²) in [6, 6.07) is 7.70. The van der Waals surface area contributed by atoms with E-state index in [1.807, 2.05) is 31.2 Å². The first-order valence-electron chi connectivity index (χ1n) is 6.25. The summed E-state index contributed by atoms with van der Waals surface area (Å²) in [5.74, 6) is 0.728. The molecule has 1 rings (SSSR count). The molecule has 5 heteroatoms. The molecule has 0 atom stereocenters. The maximum atomic E-state index is 11.7. The molecule has 0 aliphatic rings. The van der Waals surface area contributed by atoms with Crippen LogP contribution >= 0.6 is 11.6 Å². The summed E-state index contributed by atoms with van der Waals surface area (Å²) >= 11 is 5.61. The highest BCUT2D eigenvalue weighted by Gasteiger charge is 2.12. The molecule has 0 unspecified atom stereocenters. The van der Waals surface area contributed by atoms with Crippen LogP contribution in [0.3, 0.4) is 0 Å². The van der Waals surface area contributed by atoms with Crippen LogP contribution in [0, 0.1) is 0 Å². The van der Waals surface area contributed by atoms with Gasteiger partial charge in [0.15, 0.2) is 0 Å². The van der Waals surface area contributed by atoms with Crippen molar-refractivity contribution in [1.29, 1.82) is 0 Å². The average molecular weight is 286 g/mol. The lowest BCUT2D eigenvalue weighted by Crippen LogP contribution is -2.34. The minimum absolute atomic E-state index is 0.0132. The summed E-state index contributed by atoms with van der Waals surface area (Å²) in [6.07, 6.45) is 0. The predicted molar refractivity (Wildman–Crippen MR) is 75.6 cm³/mol. The number of methoxy groups -OCH3 is 1. The average Bonchev–Trinajstić information content (AvgIpc) is 2.44. The molecule has 106 valence electrons. The van der Waals surface area contributed by atoms with Gasteiger partial charge in [0.05, 0.1) is 13.2 Å². The number of halogens is 1. The van der Waals surface area contributed by atoms with Crippen LogP contribution < -0.4 is 4.74 Å². The highest BCUT2D eigenvalue weighted by atomic mass is 35.5. The van der Waals surface area contributed by atoms with E-state index in [4.69, 9.17) is 21.1 Å². The van der Waals surface area contributed by atoms with Gasteiger partial charge in [-0.1, -0.05) is 12.1 Å². The van der Waals surface area contributed by atoms with E-state index in [0.29, 0.717) is 26.3 Å². The molecule has 0 aliphatic carbocycles. The highest BCUT2D eigenvalue weighted by molar-refractivity contribution is 6.27. The van der Waals surface area contributed by atoms with Crippen molar-refractivity contribution in [3.63, 3.8) is 0 Å². The third-order valence-electron chi connectivity index (χ3n) is 2.64. The fourth-order valence-corrected chi connectivity index (χ4v) is 1.83. The minimum atomic E-state index is -0.0902. The zero-order valence-corrected chi connectivity index (χ0v) is 12.2. The molecule has 0 saturated carbocycles.